The van der Waals surface area contributed by atoms with E-state index in [9.17, 15) is 0 Å². The van der Waals surface area contributed by atoms with Gasteiger partial charge in [-0.05, 0) is 126 Å². The second-order valence-corrected chi connectivity index (χ2v) is 15.7. The molecule has 9 rings (SSSR count). The summed E-state index contributed by atoms with van der Waals surface area (Å²) in [5.41, 5.74) is 17.2. The molecule has 0 saturated carbocycles. The van der Waals surface area contributed by atoms with E-state index in [1.807, 2.05) is 0 Å². The van der Waals surface area contributed by atoms with Crippen molar-refractivity contribution in [1.29, 1.82) is 0 Å². The number of nitrogens with zero attached hydrogens (tertiary/aromatic N) is 2. The summed E-state index contributed by atoms with van der Waals surface area (Å²) in [6.45, 7) is 6.35. The minimum Gasteiger partial charge on any atom is -0.456 e. The van der Waals surface area contributed by atoms with Gasteiger partial charge < -0.3 is 4.42 Å². The lowest BCUT2D eigenvalue weighted by Crippen LogP contribution is -1.87. The maximum absolute atomic E-state index is 6.92. The van der Waals surface area contributed by atoms with Gasteiger partial charge in [0.05, 0.1) is 33.9 Å². The molecular formula is C47H33IN2OS. The minimum atomic E-state index is 0.758. The average Bonchev–Trinajstić information content (AvgIpc) is 3.99. The number of thiophene rings is 1. The Morgan fingerprint density at radius 2 is 0.731 bits per heavy atom. The summed E-state index contributed by atoms with van der Waals surface area (Å²) in [4.78, 5) is 10.8. The van der Waals surface area contributed by atoms with E-state index in [0.29, 0.717) is 0 Å². The molecule has 250 valence electrons. The smallest absolute Gasteiger partial charge is 0.137 e. The van der Waals surface area contributed by atoms with Crippen molar-refractivity contribution >= 4 is 78.8 Å². The first kappa shape index (κ1) is 32.5. The summed E-state index contributed by atoms with van der Waals surface area (Å²) in [5.74, 6) is 0. The molecule has 5 heterocycles. The summed E-state index contributed by atoms with van der Waals surface area (Å²) >= 11 is 4.15. The third-order valence-electron chi connectivity index (χ3n) is 9.66. The zero-order valence-corrected chi connectivity index (χ0v) is 31.9. The Morgan fingerprint density at radius 1 is 0.404 bits per heavy atom. The van der Waals surface area contributed by atoms with Crippen molar-refractivity contribution in [2.24, 2.45) is 0 Å². The van der Waals surface area contributed by atoms with E-state index in [1.54, 1.807) is 11.3 Å². The van der Waals surface area contributed by atoms with Crippen molar-refractivity contribution < 1.29 is 4.42 Å². The Morgan fingerprint density at radius 3 is 1.12 bits per heavy atom. The summed E-state index contributed by atoms with van der Waals surface area (Å²) < 4.78 is 10.4. The highest BCUT2D eigenvalue weighted by Gasteiger charge is 2.20. The summed E-state index contributed by atoms with van der Waals surface area (Å²) in [6, 6.07) is 43.3. The van der Waals surface area contributed by atoms with Crippen LogP contribution in [0.2, 0.25) is 0 Å². The fourth-order valence-electron chi connectivity index (χ4n) is 6.94. The molecule has 4 aromatic carbocycles. The van der Waals surface area contributed by atoms with Gasteiger partial charge >= 0.3 is 0 Å². The number of fused-ring (bicyclic) bond motifs is 8. The molecule has 3 nitrogen and oxygen atoms in total. The first-order valence-corrected chi connectivity index (χ1v) is 19.2. The number of aryl methyl sites for hydroxylation is 3. The number of aromatic nitrogens is 2. The van der Waals surface area contributed by atoms with Gasteiger partial charge in [-0.25, -0.2) is 9.97 Å². The molecule has 8 bridgehead atoms. The van der Waals surface area contributed by atoms with Gasteiger partial charge in [-0.3, -0.25) is 0 Å². The molecule has 0 atom stereocenters. The van der Waals surface area contributed by atoms with Crippen LogP contribution in [0.1, 0.15) is 39.5 Å². The van der Waals surface area contributed by atoms with Crippen molar-refractivity contribution in [3.8, 4) is 44.5 Å². The zero-order chi connectivity index (χ0) is 35.3. The lowest BCUT2D eigenvalue weighted by atomic mass is 10.0. The number of hydrogen-bond acceptors (Lipinski definition) is 4. The van der Waals surface area contributed by atoms with Crippen LogP contribution in [0.4, 0.5) is 0 Å². The molecule has 7 aromatic rings. The van der Waals surface area contributed by atoms with E-state index >= 15 is 0 Å². The highest BCUT2D eigenvalue weighted by atomic mass is 127. The summed E-state index contributed by atoms with van der Waals surface area (Å²) in [5, 5.41) is 0. The first-order valence-electron chi connectivity index (χ1n) is 17.3. The van der Waals surface area contributed by atoms with E-state index in [4.69, 9.17) is 14.4 Å². The standard InChI is InChI=1S/C47H33IN2OS/c1-28-4-10-31(11-5-28)44-36-20-22-38(49-36)46(33-14-8-30(3)9-15-33)42-26-27-43(52-42)47(34-16-18-35(48)19-17-34)39-23-21-37(50-39)45(41-25-24-40(44)51-41)32-12-6-29(2)7-13-32/h4-27H,1-3H3. The van der Waals surface area contributed by atoms with E-state index in [-0.39, 0.29) is 0 Å². The number of rotatable bonds is 4. The van der Waals surface area contributed by atoms with Crippen molar-refractivity contribution in [2.75, 3.05) is 0 Å². The van der Waals surface area contributed by atoms with Crippen LogP contribution in [0, 0.1) is 24.3 Å². The maximum Gasteiger partial charge on any atom is 0.137 e. The predicted octanol–water partition coefficient (Wildman–Crippen LogP) is 13.9. The topological polar surface area (TPSA) is 38.9 Å². The predicted molar refractivity (Wildman–Crippen MR) is 229 cm³/mol. The molecule has 0 amide bonds. The van der Waals surface area contributed by atoms with E-state index in [2.05, 4.69) is 189 Å². The van der Waals surface area contributed by atoms with Crippen LogP contribution in [0.25, 0.3) is 89.4 Å². The van der Waals surface area contributed by atoms with Crippen LogP contribution in [0.15, 0.2) is 126 Å². The van der Waals surface area contributed by atoms with Crippen molar-refractivity contribution in [3.63, 3.8) is 0 Å². The lowest BCUT2D eigenvalue weighted by molar-refractivity contribution is 0.667. The van der Waals surface area contributed by atoms with E-state index in [0.717, 1.165) is 87.8 Å². The Hall–Kier alpha value is -5.37. The maximum atomic E-state index is 6.92. The molecular weight excluding hydrogens is 768 g/mol. The van der Waals surface area contributed by atoms with E-state index < -0.39 is 0 Å². The van der Waals surface area contributed by atoms with Crippen LogP contribution < -0.4 is 0 Å². The largest absolute Gasteiger partial charge is 0.456 e. The van der Waals surface area contributed by atoms with Crippen LogP contribution in [-0.4, -0.2) is 9.97 Å². The van der Waals surface area contributed by atoms with E-state index in [1.165, 1.54) is 20.3 Å². The van der Waals surface area contributed by atoms with Gasteiger partial charge in [0.15, 0.2) is 0 Å². The Bertz CT molecular complexity index is 2360. The molecule has 3 aromatic heterocycles. The molecule has 0 N–H and O–H groups in total. The van der Waals surface area contributed by atoms with Crippen molar-refractivity contribution in [1.82, 2.24) is 9.97 Å². The van der Waals surface area contributed by atoms with Crippen LogP contribution in [0.5, 0.6) is 0 Å². The number of furan rings is 1. The SMILES string of the molecule is Cc1ccc(-c2c3nc(c(-c4ccc(C)cc4)c4ccc(s4)c(-c4ccc(I)cc4)c4nc(c(-c5ccc(C)cc5)c5ccc2o5)C=C4)C=C3)cc1. The molecule has 0 spiro atoms. The lowest BCUT2D eigenvalue weighted by Gasteiger charge is -2.07. The molecule has 0 aliphatic carbocycles. The fourth-order valence-corrected chi connectivity index (χ4v) is 8.45. The molecule has 0 saturated heterocycles. The van der Waals surface area contributed by atoms with Crippen LogP contribution in [0.3, 0.4) is 0 Å². The quantitative estimate of drug-likeness (QED) is 0.166. The van der Waals surface area contributed by atoms with Crippen LogP contribution in [-0.2, 0) is 0 Å². The van der Waals surface area contributed by atoms with Gasteiger partial charge in [0.1, 0.15) is 11.2 Å². The normalized spacial score (nSPS) is 12.1. The number of benzene rings is 4. The average molecular weight is 801 g/mol. The third-order valence-corrected chi connectivity index (χ3v) is 11.5. The monoisotopic (exact) mass is 800 g/mol. The molecule has 52 heavy (non-hydrogen) atoms. The molecule has 0 fully saturated rings. The van der Waals surface area contributed by atoms with Crippen molar-refractivity contribution in [2.45, 2.75) is 20.8 Å². The zero-order valence-electron chi connectivity index (χ0n) is 28.9. The number of halogens is 1. The van der Waals surface area contributed by atoms with Crippen LogP contribution >= 0.6 is 33.9 Å². The molecule has 0 unspecified atom stereocenters. The Kier molecular flexibility index (Phi) is 8.33. The first-order chi connectivity index (χ1) is 25.4. The van der Waals surface area contributed by atoms with Gasteiger partial charge in [-0.1, -0.05) is 102 Å². The van der Waals surface area contributed by atoms with Gasteiger partial charge in [-0.15, -0.1) is 11.3 Å². The molecule has 2 aliphatic rings. The van der Waals surface area contributed by atoms with Gasteiger partial charge in [0.25, 0.3) is 0 Å². The third kappa shape index (κ3) is 6.04. The minimum absolute atomic E-state index is 0.758. The van der Waals surface area contributed by atoms with Gasteiger partial charge in [0, 0.05) is 24.1 Å². The summed E-state index contributed by atoms with van der Waals surface area (Å²) in [7, 11) is 0. The number of hydrogen-bond donors (Lipinski definition) is 0. The van der Waals surface area contributed by atoms with Gasteiger partial charge in [-0.2, -0.15) is 0 Å². The second kappa shape index (κ2) is 13.3. The molecule has 0 radical (unpaired) electrons. The Balaban J connectivity index is 1.47. The highest BCUT2D eigenvalue weighted by Crippen LogP contribution is 2.42. The molecule has 5 heteroatoms. The Labute approximate surface area is 320 Å². The van der Waals surface area contributed by atoms with Gasteiger partial charge in [0.2, 0.25) is 0 Å². The van der Waals surface area contributed by atoms with Crippen molar-refractivity contribution in [3.05, 3.63) is 164 Å². The fraction of sp³-hybridized carbons (Fsp3) is 0.0638. The highest BCUT2D eigenvalue weighted by molar-refractivity contribution is 14.1. The molecule has 2 aliphatic heterocycles. The second-order valence-electron chi connectivity index (χ2n) is 13.4. The summed E-state index contributed by atoms with van der Waals surface area (Å²) in [6.07, 6.45) is 8.56.